The Morgan fingerprint density at radius 1 is 1.14 bits per heavy atom. The molecule has 5 heteroatoms. The lowest BCUT2D eigenvalue weighted by molar-refractivity contribution is 0.419. The lowest BCUT2D eigenvalue weighted by Gasteiger charge is -2.26. The molecule has 0 radical (unpaired) electrons. The van der Waals surface area contributed by atoms with Crippen LogP contribution in [0, 0.1) is 6.92 Å². The predicted octanol–water partition coefficient (Wildman–Crippen LogP) is 2.98. The summed E-state index contributed by atoms with van der Waals surface area (Å²) in [4.78, 5) is 0.332. The molecule has 2 aromatic rings. The van der Waals surface area contributed by atoms with Crippen LogP contribution < -0.4 is 0 Å². The summed E-state index contributed by atoms with van der Waals surface area (Å²) in [5.74, 6) is 0. The molecule has 1 atom stereocenters. The molecule has 1 aliphatic rings. The molecule has 3 rings (SSSR count). The fourth-order valence-corrected chi connectivity index (χ4v) is 4.15. The Bertz CT molecular complexity index is 773. The van der Waals surface area contributed by atoms with E-state index in [4.69, 9.17) is 0 Å². The van der Waals surface area contributed by atoms with Gasteiger partial charge in [0.25, 0.3) is 10.0 Å². The molecule has 0 amide bonds. The fourth-order valence-electron chi connectivity index (χ4n) is 2.65. The van der Waals surface area contributed by atoms with Crippen LogP contribution in [0.2, 0.25) is 0 Å². The highest BCUT2D eigenvalue weighted by Gasteiger charge is 2.33. The van der Waals surface area contributed by atoms with E-state index in [2.05, 4.69) is 0 Å². The van der Waals surface area contributed by atoms with Crippen molar-refractivity contribution in [3.8, 4) is 0 Å². The molecule has 2 heterocycles. The van der Waals surface area contributed by atoms with Crippen LogP contribution in [0.15, 0.2) is 59.8 Å². The van der Waals surface area contributed by atoms with Gasteiger partial charge in [0.2, 0.25) is 0 Å². The van der Waals surface area contributed by atoms with Crippen molar-refractivity contribution in [1.29, 1.82) is 0 Å². The highest BCUT2D eigenvalue weighted by molar-refractivity contribution is 7.89. The van der Waals surface area contributed by atoms with E-state index in [1.54, 1.807) is 18.3 Å². The van der Waals surface area contributed by atoms with Crippen LogP contribution in [-0.2, 0) is 17.1 Å². The van der Waals surface area contributed by atoms with Crippen molar-refractivity contribution in [2.45, 2.75) is 24.3 Å². The van der Waals surface area contributed by atoms with Gasteiger partial charge in [0, 0.05) is 25.1 Å². The Labute approximate surface area is 125 Å². The number of rotatable bonds is 3. The third-order valence-corrected chi connectivity index (χ3v) is 5.64. The third-order valence-electron chi connectivity index (χ3n) is 3.84. The Hall–Kier alpha value is -2.01. The molecule has 1 aromatic carbocycles. The smallest absolute Gasteiger partial charge is 0.264 e. The average Bonchev–Trinajstić information content (AvgIpc) is 3.07. The van der Waals surface area contributed by atoms with Crippen molar-refractivity contribution in [3.63, 3.8) is 0 Å². The van der Waals surface area contributed by atoms with Gasteiger partial charge in [-0.3, -0.25) is 4.31 Å². The first-order valence-electron chi connectivity index (χ1n) is 6.88. The zero-order valence-corrected chi connectivity index (χ0v) is 12.9. The normalized spacial score (nSPS) is 18.4. The van der Waals surface area contributed by atoms with E-state index in [9.17, 15) is 8.42 Å². The van der Waals surface area contributed by atoms with Gasteiger partial charge in [0.05, 0.1) is 10.9 Å². The number of benzene rings is 1. The molecule has 4 nitrogen and oxygen atoms in total. The van der Waals surface area contributed by atoms with Gasteiger partial charge in [-0.2, -0.15) is 0 Å². The van der Waals surface area contributed by atoms with E-state index in [-0.39, 0.29) is 6.04 Å². The van der Waals surface area contributed by atoms with Crippen molar-refractivity contribution < 1.29 is 8.42 Å². The van der Waals surface area contributed by atoms with E-state index >= 15 is 0 Å². The van der Waals surface area contributed by atoms with E-state index in [0.717, 1.165) is 11.3 Å². The maximum Gasteiger partial charge on any atom is 0.264 e. The zero-order valence-electron chi connectivity index (χ0n) is 12.1. The maximum absolute atomic E-state index is 12.8. The molecule has 0 bridgehead atoms. The Morgan fingerprint density at radius 3 is 2.48 bits per heavy atom. The molecular weight excluding hydrogens is 284 g/mol. The van der Waals surface area contributed by atoms with E-state index < -0.39 is 10.0 Å². The highest BCUT2D eigenvalue weighted by atomic mass is 32.2. The maximum atomic E-state index is 12.8. The van der Waals surface area contributed by atoms with Gasteiger partial charge in [-0.1, -0.05) is 23.8 Å². The molecule has 21 heavy (non-hydrogen) atoms. The largest absolute Gasteiger partial charge is 0.353 e. The molecular formula is C16H18N2O2S. The second kappa shape index (κ2) is 5.07. The highest BCUT2D eigenvalue weighted by Crippen LogP contribution is 2.35. The standard InChI is InChI=1S/C16H18N2O2S/c1-13-7-9-14(10-8-13)21(19,20)18-12-4-6-16(18)15-5-3-11-17(15)2/h3-5,7-12,16H,6H2,1-2H3. The number of sulfonamides is 1. The van der Waals surface area contributed by atoms with Crippen molar-refractivity contribution in [2.24, 2.45) is 7.05 Å². The van der Waals surface area contributed by atoms with E-state index in [1.165, 1.54) is 4.31 Å². The molecule has 0 fully saturated rings. The number of hydrogen-bond acceptors (Lipinski definition) is 2. The molecule has 1 aromatic heterocycles. The van der Waals surface area contributed by atoms with E-state index in [1.807, 2.05) is 55.1 Å². The second-order valence-electron chi connectivity index (χ2n) is 5.33. The topological polar surface area (TPSA) is 42.3 Å². The molecule has 0 aliphatic carbocycles. The lowest BCUT2D eigenvalue weighted by Crippen LogP contribution is -2.28. The molecule has 1 unspecified atom stereocenters. The van der Waals surface area contributed by atoms with Gasteiger partial charge in [-0.15, -0.1) is 0 Å². The van der Waals surface area contributed by atoms with Gasteiger partial charge in [0.1, 0.15) is 0 Å². The SMILES string of the molecule is Cc1ccc(S(=O)(=O)N2C=CCC2c2cccn2C)cc1. The van der Waals surface area contributed by atoms with Gasteiger partial charge in [-0.25, -0.2) is 8.42 Å². The van der Waals surface area contributed by atoms with Crippen LogP contribution in [0.5, 0.6) is 0 Å². The van der Waals surface area contributed by atoms with Gasteiger partial charge in [-0.05, 0) is 37.6 Å². The molecule has 0 saturated heterocycles. The average molecular weight is 302 g/mol. The predicted molar refractivity (Wildman–Crippen MR) is 82.1 cm³/mol. The minimum Gasteiger partial charge on any atom is -0.353 e. The monoisotopic (exact) mass is 302 g/mol. The van der Waals surface area contributed by atoms with Gasteiger partial charge < -0.3 is 4.57 Å². The summed E-state index contributed by atoms with van der Waals surface area (Å²) in [6, 6.07) is 10.7. The summed E-state index contributed by atoms with van der Waals surface area (Å²) < 4.78 is 29.1. The first-order chi connectivity index (χ1) is 10.00. The number of aryl methyl sites for hydroxylation is 2. The lowest BCUT2D eigenvalue weighted by atomic mass is 10.2. The first-order valence-corrected chi connectivity index (χ1v) is 8.32. The number of aromatic nitrogens is 1. The van der Waals surface area contributed by atoms with Crippen molar-refractivity contribution in [2.75, 3.05) is 0 Å². The minimum absolute atomic E-state index is 0.170. The van der Waals surface area contributed by atoms with Gasteiger partial charge >= 0.3 is 0 Å². The zero-order chi connectivity index (χ0) is 15.0. The van der Waals surface area contributed by atoms with Crippen molar-refractivity contribution in [3.05, 3.63) is 66.1 Å². The summed E-state index contributed by atoms with van der Waals surface area (Å²) in [7, 11) is -1.58. The second-order valence-corrected chi connectivity index (χ2v) is 7.17. The summed E-state index contributed by atoms with van der Waals surface area (Å²) in [6.07, 6.45) is 6.21. The minimum atomic E-state index is -3.51. The molecule has 0 spiro atoms. The van der Waals surface area contributed by atoms with Crippen LogP contribution in [0.25, 0.3) is 0 Å². The van der Waals surface area contributed by atoms with Gasteiger partial charge in [0.15, 0.2) is 0 Å². The molecule has 0 N–H and O–H groups in total. The molecule has 1 aliphatic heterocycles. The Morgan fingerprint density at radius 2 is 1.86 bits per heavy atom. The molecule has 0 saturated carbocycles. The van der Waals surface area contributed by atoms with E-state index in [0.29, 0.717) is 11.3 Å². The quantitative estimate of drug-likeness (QED) is 0.874. The summed E-state index contributed by atoms with van der Waals surface area (Å²) in [5.41, 5.74) is 2.04. The Balaban J connectivity index is 2.00. The van der Waals surface area contributed by atoms with Crippen LogP contribution >= 0.6 is 0 Å². The number of nitrogens with zero attached hydrogens (tertiary/aromatic N) is 2. The molecule has 110 valence electrons. The van der Waals surface area contributed by atoms with Crippen LogP contribution in [0.1, 0.15) is 23.7 Å². The van der Waals surface area contributed by atoms with Crippen molar-refractivity contribution >= 4 is 10.0 Å². The van der Waals surface area contributed by atoms with Crippen LogP contribution in [0.4, 0.5) is 0 Å². The van der Waals surface area contributed by atoms with Crippen molar-refractivity contribution in [1.82, 2.24) is 8.87 Å². The Kier molecular flexibility index (Phi) is 3.37. The third kappa shape index (κ3) is 2.38. The first kappa shape index (κ1) is 13.9. The summed E-state index contributed by atoms with van der Waals surface area (Å²) >= 11 is 0. The summed E-state index contributed by atoms with van der Waals surface area (Å²) in [6.45, 7) is 1.94. The van der Waals surface area contributed by atoms with Crippen LogP contribution in [-0.4, -0.2) is 17.3 Å². The summed E-state index contributed by atoms with van der Waals surface area (Å²) in [5, 5.41) is 0. The fraction of sp³-hybridized carbons (Fsp3) is 0.250. The van der Waals surface area contributed by atoms with Crippen LogP contribution in [0.3, 0.4) is 0 Å². The number of hydrogen-bond donors (Lipinski definition) is 0.